The van der Waals surface area contributed by atoms with E-state index in [2.05, 4.69) is 15.5 Å². The van der Waals surface area contributed by atoms with Crippen molar-refractivity contribution in [3.05, 3.63) is 70.6 Å². The molecule has 0 saturated heterocycles. The van der Waals surface area contributed by atoms with E-state index in [-0.39, 0.29) is 11.4 Å². The highest BCUT2D eigenvalue weighted by molar-refractivity contribution is 6.31. The van der Waals surface area contributed by atoms with Crippen LogP contribution in [0.25, 0.3) is 17.3 Å². The summed E-state index contributed by atoms with van der Waals surface area (Å²) in [6.07, 6.45) is 2.87. The summed E-state index contributed by atoms with van der Waals surface area (Å²) in [5.74, 6) is -0.590. The van der Waals surface area contributed by atoms with Crippen LogP contribution in [-0.2, 0) is 4.79 Å². The van der Waals surface area contributed by atoms with E-state index < -0.39 is 5.91 Å². The fourth-order valence-corrected chi connectivity index (χ4v) is 2.70. The van der Waals surface area contributed by atoms with Crippen LogP contribution < -0.4 is 10.1 Å². The lowest BCUT2D eigenvalue weighted by Crippen LogP contribution is -2.14. The third-order valence-corrected chi connectivity index (χ3v) is 4.11. The van der Waals surface area contributed by atoms with Gasteiger partial charge in [-0.05, 0) is 48.5 Å². The lowest BCUT2D eigenvalue weighted by atomic mass is 10.1. The molecule has 0 spiro atoms. The van der Waals surface area contributed by atoms with E-state index in [0.29, 0.717) is 33.3 Å². The molecular weight excluding hydrogens is 383 g/mol. The van der Waals surface area contributed by atoms with Crippen LogP contribution in [-0.4, -0.2) is 23.2 Å². The summed E-state index contributed by atoms with van der Waals surface area (Å²) in [6, 6.07) is 12.4. The Hall–Kier alpha value is -3.63. The van der Waals surface area contributed by atoms with Crippen LogP contribution in [0.1, 0.15) is 5.56 Å². The molecule has 1 amide bonds. The molecule has 1 aromatic heterocycles. The molecule has 0 saturated carbocycles. The standard InChI is InChI=1S/C20H14ClFN4O2/c1-28-18-7-4-15(21)9-17(18)25-20(27)13(10-23)8-14-11-24-26-19(14)12-2-5-16(22)6-3-12/h2-9,11H,1H3,(H,24,26)(H,25,27)/b13-8-. The maximum absolute atomic E-state index is 13.1. The summed E-state index contributed by atoms with van der Waals surface area (Å²) < 4.78 is 18.3. The van der Waals surface area contributed by atoms with Gasteiger partial charge in [-0.3, -0.25) is 9.89 Å². The van der Waals surface area contributed by atoms with Crippen LogP contribution in [0.15, 0.2) is 54.2 Å². The Bertz CT molecular complexity index is 1080. The van der Waals surface area contributed by atoms with Gasteiger partial charge in [0, 0.05) is 16.1 Å². The lowest BCUT2D eigenvalue weighted by Gasteiger charge is -2.10. The molecule has 0 radical (unpaired) electrons. The highest BCUT2D eigenvalue weighted by atomic mass is 35.5. The van der Waals surface area contributed by atoms with Crippen molar-refractivity contribution in [2.75, 3.05) is 12.4 Å². The molecule has 0 fully saturated rings. The molecule has 8 heteroatoms. The molecule has 0 aliphatic rings. The topological polar surface area (TPSA) is 90.8 Å². The first-order valence-electron chi connectivity index (χ1n) is 8.08. The van der Waals surface area contributed by atoms with Gasteiger partial charge in [0.05, 0.1) is 24.7 Å². The highest BCUT2D eigenvalue weighted by Gasteiger charge is 2.15. The Kier molecular flexibility index (Phi) is 5.72. The van der Waals surface area contributed by atoms with Crippen LogP contribution in [0.5, 0.6) is 5.75 Å². The van der Waals surface area contributed by atoms with Crippen LogP contribution >= 0.6 is 11.6 Å². The van der Waals surface area contributed by atoms with Crippen molar-refractivity contribution in [2.24, 2.45) is 0 Å². The zero-order chi connectivity index (χ0) is 20.1. The van der Waals surface area contributed by atoms with Crippen molar-refractivity contribution in [2.45, 2.75) is 0 Å². The Balaban J connectivity index is 1.90. The third kappa shape index (κ3) is 4.19. The number of benzene rings is 2. The summed E-state index contributed by atoms with van der Waals surface area (Å²) >= 11 is 5.96. The molecule has 6 nitrogen and oxygen atoms in total. The van der Waals surface area contributed by atoms with Gasteiger partial charge in [-0.25, -0.2) is 4.39 Å². The number of nitrogens with zero attached hydrogens (tertiary/aromatic N) is 2. The van der Waals surface area contributed by atoms with Gasteiger partial charge >= 0.3 is 0 Å². The summed E-state index contributed by atoms with van der Waals surface area (Å²) in [5, 5.41) is 19.2. The van der Waals surface area contributed by atoms with Gasteiger partial charge in [0.2, 0.25) is 0 Å². The second-order valence-corrected chi connectivity index (χ2v) is 6.11. The van der Waals surface area contributed by atoms with Crippen molar-refractivity contribution in [1.29, 1.82) is 5.26 Å². The van der Waals surface area contributed by atoms with Crippen molar-refractivity contribution in [3.8, 4) is 23.1 Å². The van der Waals surface area contributed by atoms with Gasteiger partial charge in [-0.1, -0.05) is 11.6 Å². The van der Waals surface area contributed by atoms with Crippen LogP contribution in [0.4, 0.5) is 10.1 Å². The number of aromatic amines is 1. The number of nitrogens with one attached hydrogen (secondary N) is 2. The van der Waals surface area contributed by atoms with Crippen LogP contribution in [0.3, 0.4) is 0 Å². The molecule has 140 valence electrons. The normalized spacial score (nSPS) is 11.0. The maximum atomic E-state index is 13.1. The third-order valence-electron chi connectivity index (χ3n) is 3.88. The number of aromatic nitrogens is 2. The molecule has 28 heavy (non-hydrogen) atoms. The second kappa shape index (κ2) is 8.37. The van der Waals surface area contributed by atoms with Crippen molar-refractivity contribution in [1.82, 2.24) is 10.2 Å². The fraction of sp³-hybridized carbons (Fsp3) is 0.0500. The number of H-pyrrole nitrogens is 1. The van der Waals surface area contributed by atoms with E-state index in [1.807, 2.05) is 6.07 Å². The summed E-state index contributed by atoms with van der Waals surface area (Å²) in [5.41, 5.74) is 1.93. The van der Waals surface area contributed by atoms with Crippen molar-refractivity contribution < 1.29 is 13.9 Å². The number of carbonyl (C=O) groups excluding carboxylic acids is 1. The minimum Gasteiger partial charge on any atom is -0.495 e. The lowest BCUT2D eigenvalue weighted by molar-refractivity contribution is -0.112. The number of carbonyl (C=O) groups is 1. The summed E-state index contributed by atoms with van der Waals surface area (Å²) in [7, 11) is 1.46. The number of halogens is 2. The van der Waals surface area contributed by atoms with Gasteiger partial charge in [-0.15, -0.1) is 0 Å². The summed E-state index contributed by atoms with van der Waals surface area (Å²) in [6.45, 7) is 0. The first-order chi connectivity index (χ1) is 13.5. The van der Waals surface area contributed by atoms with E-state index in [1.54, 1.807) is 24.3 Å². The van der Waals surface area contributed by atoms with E-state index >= 15 is 0 Å². The van der Waals surface area contributed by atoms with Gasteiger partial charge in [0.1, 0.15) is 23.2 Å². The molecule has 2 aromatic carbocycles. The van der Waals surface area contributed by atoms with Gasteiger partial charge in [0.25, 0.3) is 5.91 Å². The van der Waals surface area contributed by atoms with Gasteiger partial charge in [-0.2, -0.15) is 10.4 Å². The predicted molar refractivity (Wildman–Crippen MR) is 104 cm³/mol. The quantitative estimate of drug-likeness (QED) is 0.493. The number of hydrogen-bond donors (Lipinski definition) is 2. The van der Waals surface area contributed by atoms with E-state index in [4.69, 9.17) is 16.3 Å². The largest absolute Gasteiger partial charge is 0.495 e. The Labute approximate surface area is 165 Å². The zero-order valence-electron chi connectivity index (χ0n) is 14.7. The molecular formula is C20H14ClFN4O2. The number of ether oxygens (including phenoxy) is 1. The first-order valence-corrected chi connectivity index (χ1v) is 8.45. The number of methoxy groups -OCH3 is 1. The maximum Gasteiger partial charge on any atom is 0.266 e. The molecule has 2 N–H and O–H groups in total. The van der Waals surface area contributed by atoms with E-state index in [1.165, 1.54) is 37.6 Å². The minimum atomic E-state index is -0.630. The summed E-state index contributed by atoms with van der Waals surface area (Å²) in [4.78, 5) is 12.6. The van der Waals surface area contributed by atoms with E-state index in [9.17, 15) is 14.4 Å². The fourth-order valence-electron chi connectivity index (χ4n) is 2.52. The number of rotatable bonds is 5. The number of amides is 1. The SMILES string of the molecule is COc1ccc(Cl)cc1NC(=O)/C(C#N)=C\c1cn[nH]c1-c1ccc(F)cc1. The monoisotopic (exact) mass is 396 g/mol. The van der Waals surface area contributed by atoms with Gasteiger partial charge in [0.15, 0.2) is 0 Å². The molecule has 0 atom stereocenters. The molecule has 1 heterocycles. The molecule has 0 bridgehead atoms. The van der Waals surface area contributed by atoms with Crippen LogP contribution in [0, 0.1) is 17.1 Å². The zero-order valence-corrected chi connectivity index (χ0v) is 15.4. The first kappa shape index (κ1) is 19.1. The molecule has 0 aliphatic carbocycles. The highest BCUT2D eigenvalue weighted by Crippen LogP contribution is 2.28. The smallest absolute Gasteiger partial charge is 0.266 e. The molecule has 0 unspecified atom stereocenters. The van der Waals surface area contributed by atoms with Crippen molar-refractivity contribution >= 4 is 29.3 Å². The number of anilines is 1. The van der Waals surface area contributed by atoms with Gasteiger partial charge < -0.3 is 10.1 Å². The molecule has 0 aliphatic heterocycles. The van der Waals surface area contributed by atoms with E-state index in [0.717, 1.165) is 0 Å². The average Bonchev–Trinajstić information content (AvgIpc) is 3.15. The Morgan fingerprint density at radius 3 is 2.75 bits per heavy atom. The van der Waals surface area contributed by atoms with Crippen molar-refractivity contribution in [3.63, 3.8) is 0 Å². The average molecular weight is 397 g/mol. The molecule has 3 aromatic rings. The Morgan fingerprint density at radius 2 is 2.07 bits per heavy atom. The molecule has 3 rings (SSSR count). The Morgan fingerprint density at radius 1 is 1.32 bits per heavy atom. The predicted octanol–water partition coefficient (Wildman–Crippen LogP) is 4.42. The second-order valence-electron chi connectivity index (χ2n) is 5.68. The number of nitriles is 1. The van der Waals surface area contributed by atoms with Crippen LogP contribution in [0.2, 0.25) is 5.02 Å². The minimum absolute atomic E-state index is 0.146. The number of hydrogen-bond acceptors (Lipinski definition) is 4.